The molecular formula is C52H28O2. The summed E-state index contributed by atoms with van der Waals surface area (Å²) in [6.07, 6.45) is 7.13. The molecular weight excluding hydrogens is 657 g/mol. The fourth-order valence-electron chi connectivity index (χ4n) is 9.55. The van der Waals surface area contributed by atoms with Crippen LogP contribution in [0.3, 0.4) is 0 Å². The van der Waals surface area contributed by atoms with Crippen molar-refractivity contribution in [1.29, 1.82) is 0 Å². The molecule has 0 fully saturated rings. The minimum absolute atomic E-state index is 0.158. The molecule has 12 rings (SSSR count). The molecule has 2 aliphatic carbocycles. The van der Waals surface area contributed by atoms with Crippen LogP contribution < -0.4 is 0 Å². The molecule has 0 amide bonds. The van der Waals surface area contributed by atoms with Crippen LogP contribution in [-0.4, -0.2) is 11.6 Å². The summed E-state index contributed by atoms with van der Waals surface area (Å²) in [5.74, 6) is -0.316. The maximum absolute atomic E-state index is 14.7. The zero-order chi connectivity index (χ0) is 35.7. The maximum Gasteiger partial charge on any atom is 0.187 e. The van der Waals surface area contributed by atoms with Gasteiger partial charge < -0.3 is 0 Å². The Bertz CT molecular complexity index is 3260. The van der Waals surface area contributed by atoms with E-state index < -0.39 is 0 Å². The van der Waals surface area contributed by atoms with Crippen molar-refractivity contribution >= 4 is 121 Å². The summed E-state index contributed by atoms with van der Waals surface area (Å²) in [6, 6.07) is 51.6. The van der Waals surface area contributed by atoms with Crippen LogP contribution in [0, 0.1) is 0 Å². The average Bonchev–Trinajstić information content (AvgIpc) is 3.22. The Labute approximate surface area is 309 Å². The van der Waals surface area contributed by atoms with E-state index in [0.29, 0.717) is 11.1 Å². The van der Waals surface area contributed by atoms with E-state index >= 15 is 0 Å². The highest BCUT2D eigenvalue weighted by Crippen LogP contribution is 2.48. The van der Waals surface area contributed by atoms with Crippen molar-refractivity contribution in [1.82, 2.24) is 0 Å². The van der Waals surface area contributed by atoms with Crippen molar-refractivity contribution in [3.8, 4) is 0 Å². The van der Waals surface area contributed by atoms with Crippen molar-refractivity contribution in [2.45, 2.75) is 0 Å². The molecule has 0 radical (unpaired) electrons. The summed E-state index contributed by atoms with van der Waals surface area (Å²) < 4.78 is 0. The molecule has 0 unspecified atom stereocenters. The van der Waals surface area contributed by atoms with Gasteiger partial charge in [0.15, 0.2) is 11.6 Å². The Kier molecular flexibility index (Phi) is 5.83. The molecule has 2 heteroatoms. The number of ketones is 2. The van der Waals surface area contributed by atoms with E-state index in [1.165, 1.54) is 0 Å². The SMILES string of the molecule is O=C1C=Cc2ccc3ccc4ccc5ccc6ccccc6c5c4c3c2/C1=C1\C(=O)C=Cc2ccc3ccc4ccc5ccc6ccccc6c5c4c3c21. The molecule has 0 bridgehead atoms. The zero-order valence-corrected chi connectivity index (χ0v) is 29.0. The van der Waals surface area contributed by atoms with Crippen molar-refractivity contribution in [3.63, 3.8) is 0 Å². The van der Waals surface area contributed by atoms with E-state index in [0.717, 1.165) is 108 Å². The lowest BCUT2D eigenvalue weighted by Crippen LogP contribution is -2.15. The number of carbonyl (C=O) groups excluding carboxylic acids is 2. The van der Waals surface area contributed by atoms with Gasteiger partial charge in [-0.2, -0.15) is 0 Å². The van der Waals surface area contributed by atoms with Crippen LogP contribution in [-0.2, 0) is 9.59 Å². The summed E-state index contributed by atoms with van der Waals surface area (Å²) in [5.41, 5.74) is 4.44. The van der Waals surface area contributed by atoms with Gasteiger partial charge in [-0.15, -0.1) is 0 Å². The van der Waals surface area contributed by atoms with Gasteiger partial charge in [-0.1, -0.05) is 158 Å². The standard InChI is InChI=1S/C52H28O2/c53-41-27-25-37-23-21-35-19-17-33-15-13-31-11-9-29-5-1-3-7-39(29)43(31)45(33)47(35)49(37)51(41)52-42(54)28-26-38-24-22-36-20-18-34-16-14-32-12-10-30-6-2-4-8-40(30)44(32)46(34)48(36)50(38)52/h1-28H/b52-51+. The number of hydrogen-bond acceptors (Lipinski definition) is 2. The summed E-state index contributed by atoms with van der Waals surface area (Å²) in [7, 11) is 0. The lowest BCUT2D eigenvalue weighted by Gasteiger charge is -2.25. The van der Waals surface area contributed by atoms with E-state index in [9.17, 15) is 9.59 Å². The Morgan fingerprint density at radius 1 is 0.259 bits per heavy atom. The second kappa shape index (κ2) is 10.7. The largest absolute Gasteiger partial charge is 0.289 e. The molecule has 0 saturated heterocycles. The molecule has 0 aromatic heterocycles. The number of rotatable bonds is 0. The van der Waals surface area contributed by atoms with Gasteiger partial charge in [-0.3, -0.25) is 9.59 Å². The first kappa shape index (κ1) is 29.4. The average molecular weight is 685 g/mol. The summed E-state index contributed by atoms with van der Waals surface area (Å²) >= 11 is 0. The predicted octanol–water partition coefficient (Wildman–Crippen LogP) is 13.0. The normalized spacial score (nSPS) is 15.5. The van der Waals surface area contributed by atoms with Crippen molar-refractivity contribution in [2.75, 3.05) is 0 Å². The number of hydrogen-bond donors (Lipinski definition) is 0. The fraction of sp³-hybridized carbons (Fsp3) is 0. The molecule has 0 spiro atoms. The zero-order valence-electron chi connectivity index (χ0n) is 29.0. The Hall–Kier alpha value is -7.16. The fourth-order valence-corrected chi connectivity index (χ4v) is 9.55. The molecule has 0 heterocycles. The van der Waals surface area contributed by atoms with Crippen LogP contribution in [0.15, 0.2) is 158 Å². The van der Waals surface area contributed by atoms with Crippen LogP contribution >= 0.6 is 0 Å². The second-order valence-corrected chi connectivity index (χ2v) is 14.6. The lowest BCUT2D eigenvalue weighted by molar-refractivity contribution is -0.111. The Morgan fingerprint density at radius 3 is 0.981 bits per heavy atom. The topological polar surface area (TPSA) is 34.1 Å². The third-order valence-electron chi connectivity index (χ3n) is 11.9. The third kappa shape index (κ3) is 3.89. The van der Waals surface area contributed by atoms with Crippen LogP contribution in [0.25, 0.3) is 109 Å². The maximum atomic E-state index is 14.7. The monoisotopic (exact) mass is 684 g/mol. The first-order valence-electron chi connectivity index (χ1n) is 18.4. The Balaban J connectivity index is 1.32. The molecule has 248 valence electrons. The highest BCUT2D eigenvalue weighted by molar-refractivity contribution is 6.51. The van der Waals surface area contributed by atoms with Gasteiger partial charge in [0.05, 0.1) is 0 Å². The van der Waals surface area contributed by atoms with Gasteiger partial charge in [-0.05, 0) is 109 Å². The molecule has 0 aliphatic heterocycles. The van der Waals surface area contributed by atoms with E-state index in [4.69, 9.17) is 0 Å². The second-order valence-electron chi connectivity index (χ2n) is 14.6. The summed E-state index contributed by atoms with van der Waals surface area (Å²) in [4.78, 5) is 29.5. The van der Waals surface area contributed by atoms with Crippen molar-refractivity contribution in [3.05, 3.63) is 180 Å². The number of allylic oxidation sites excluding steroid dienone is 4. The first-order valence-corrected chi connectivity index (χ1v) is 18.4. The van der Waals surface area contributed by atoms with Gasteiger partial charge in [0, 0.05) is 22.3 Å². The number of fused-ring (bicyclic) bond motifs is 18. The number of benzene rings is 10. The van der Waals surface area contributed by atoms with Crippen LogP contribution in [0.2, 0.25) is 0 Å². The molecule has 54 heavy (non-hydrogen) atoms. The van der Waals surface area contributed by atoms with Crippen molar-refractivity contribution in [2.24, 2.45) is 0 Å². The highest BCUT2D eigenvalue weighted by Gasteiger charge is 2.32. The molecule has 0 saturated carbocycles. The van der Waals surface area contributed by atoms with Crippen LogP contribution in [0.5, 0.6) is 0 Å². The Morgan fingerprint density at radius 2 is 0.574 bits per heavy atom. The van der Waals surface area contributed by atoms with Gasteiger partial charge >= 0.3 is 0 Å². The van der Waals surface area contributed by atoms with Gasteiger partial charge in [-0.25, -0.2) is 0 Å². The molecule has 10 aromatic rings. The van der Waals surface area contributed by atoms with E-state index in [1.54, 1.807) is 12.2 Å². The van der Waals surface area contributed by atoms with E-state index in [1.807, 2.05) is 12.2 Å². The quantitative estimate of drug-likeness (QED) is 0.118. The highest BCUT2D eigenvalue weighted by atomic mass is 16.1. The third-order valence-corrected chi connectivity index (χ3v) is 11.9. The first-order chi connectivity index (χ1) is 26.6. The minimum Gasteiger partial charge on any atom is -0.289 e. The summed E-state index contributed by atoms with van der Waals surface area (Å²) in [6.45, 7) is 0. The predicted molar refractivity (Wildman–Crippen MR) is 228 cm³/mol. The van der Waals surface area contributed by atoms with Gasteiger partial charge in [0.25, 0.3) is 0 Å². The van der Waals surface area contributed by atoms with Gasteiger partial charge in [0.1, 0.15) is 0 Å². The van der Waals surface area contributed by atoms with Crippen molar-refractivity contribution < 1.29 is 9.59 Å². The van der Waals surface area contributed by atoms with E-state index in [-0.39, 0.29) is 11.6 Å². The molecule has 2 nitrogen and oxygen atoms in total. The summed E-state index contributed by atoms with van der Waals surface area (Å²) in [5, 5.41) is 17.7. The molecule has 0 atom stereocenters. The smallest absolute Gasteiger partial charge is 0.187 e. The van der Waals surface area contributed by atoms with Gasteiger partial charge in [0.2, 0.25) is 0 Å². The molecule has 2 aliphatic rings. The van der Waals surface area contributed by atoms with E-state index in [2.05, 4.69) is 146 Å². The minimum atomic E-state index is -0.158. The number of carbonyl (C=O) groups is 2. The molecule has 10 aromatic carbocycles. The molecule has 0 N–H and O–H groups in total. The van der Waals surface area contributed by atoms with Crippen LogP contribution in [0.4, 0.5) is 0 Å². The lowest BCUT2D eigenvalue weighted by atomic mass is 9.76. The van der Waals surface area contributed by atoms with Crippen LogP contribution in [0.1, 0.15) is 22.3 Å².